The summed E-state index contributed by atoms with van der Waals surface area (Å²) in [6.07, 6.45) is 2.79. The number of hydrogen-bond acceptors (Lipinski definition) is 2. The summed E-state index contributed by atoms with van der Waals surface area (Å²) >= 11 is 7.19. The molecule has 1 N–H and O–H groups in total. The molecule has 0 aliphatic carbocycles. The van der Waals surface area contributed by atoms with Crippen molar-refractivity contribution in [2.45, 2.75) is 26.3 Å². The Hall–Kier alpha value is -0.580. The number of aryl methyl sites for hydroxylation is 1. The van der Waals surface area contributed by atoms with E-state index >= 15 is 0 Å². The highest BCUT2D eigenvalue weighted by molar-refractivity contribution is 9.10. The van der Waals surface area contributed by atoms with Crippen LogP contribution in [-0.2, 0) is 0 Å². The molecule has 0 radical (unpaired) electrons. The molecule has 0 aliphatic rings. The van der Waals surface area contributed by atoms with Crippen LogP contribution < -0.4 is 5.32 Å². The van der Waals surface area contributed by atoms with Crippen LogP contribution >= 0.6 is 31.9 Å². The molecule has 1 atom stereocenters. The van der Waals surface area contributed by atoms with Gasteiger partial charge in [-0.15, -0.1) is 0 Å². The number of hydrogen-bond donors (Lipinski definition) is 1. The second-order valence-corrected chi connectivity index (χ2v) is 6.25. The Kier molecular flexibility index (Phi) is 5.25. The van der Waals surface area contributed by atoms with Crippen molar-refractivity contribution in [2.75, 3.05) is 6.54 Å². The zero-order valence-corrected chi connectivity index (χ0v) is 14.2. The van der Waals surface area contributed by atoms with Crippen LogP contribution in [0, 0.1) is 6.92 Å². The normalized spacial score (nSPS) is 12.6. The van der Waals surface area contributed by atoms with Crippen LogP contribution in [0.1, 0.15) is 36.3 Å². The van der Waals surface area contributed by atoms with E-state index < -0.39 is 0 Å². The summed E-state index contributed by atoms with van der Waals surface area (Å²) in [5.41, 5.74) is 2.44. The fourth-order valence-electron chi connectivity index (χ4n) is 2.03. The molecule has 0 spiro atoms. The fourth-order valence-corrected chi connectivity index (χ4v) is 2.93. The molecule has 19 heavy (non-hydrogen) atoms. The van der Waals surface area contributed by atoms with Crippen molar-refractivity contribution in [3.8, 4) is 0 Å². The summed E-state index contributed by atoms with van der Waals surface area (Å²) in [5.74, 6) is 0.916. The van der Waals surface area contributed by atoms with Gasteiger partial charge in [-0.1, -0.05) is 40.5 Å². The van der Waals surface area contributed by atoms with Gasteiger partial charge in [0.15, 0.2) is 0 Å². The highest BCUT2D eigenvalue weighted by atomic mass is 79.9. The monoisotopic (exact) mass is 385 g/mol. The fraction of sp³-hybridized carbons (Fsp3) is 0.333. The minimum absolute atomic E-state index is 0.0543. The second-order valence-electron chi connectivity index (χ2n) is 4.54. The van der Waals surface area contributed by atoms with Gasteiger partial charge in [-0.2, -0.15) is 0 Å². The SMILES string of the molecule is CCCNC(c1cc(C)ccc1Br)c1occc1Br. The lowest BCUT2D eigenvalue weighted by Crippen LogP contribution is -2.23. The van der Waals surface area contributed by atoms with Gasteiger partial charge in [0, 0.05) is 4.47 Å². The average Bonchev–Trinajstić information content (AvgIpc) is 2.80. The molecule has 0 bridgehead atoms. The van der Waals surface area contributed by atoms with Crippen molar-refractivity contribution in [3.63, 3.8) is 0 Å². The molecule has 2 nitrogen and oxygen atoms in total. The number of rotatable bonds is 5. The van der Waals surface area contributed by atoms with Crippen LogP contribution in [0.4, 0.5) is 0 Å². The first-order valence-corrected chi connectivity index (χ1v) is 7.94. The molecule has 1 aromatic carbocycles. The third-order valence-electron chi connectivity index (χ3n) is 2.97. The Morgan fingerprint density at radius 3 is 2.63 bits per heavy atom. The summed E-state index contributed by atoms with van der Waals surface area (Å²) in [5, 5.41) is 3.54. The molecular weight excluding hydrogens is 370 g/mol. The first kappa shape index (κ1) is 14.8. The standard InChI is InChI=1S/C15H17Br2NO/c1-3-7-18-14(15-13(17)6-8-19-15)11-9-10(2)4-5-12(11)16/h4-6,8-9,14,18H,3,7H2,1-2H3. The minimum atomic E-state index is 0.0543. The van der Waals surface area contributed by atoms with E-state index in [1.165, 1.54) is 11.1 Å². The average molecular weight is 387 g/mol. The van der Waals surface area contributed by atoms with Crippen LogP contribution in [0.15, 0.2) is 43.9 Å². The molecule has 2 rings (SSSR count). The Balaban J connectivity index is 2.42. The van der Waals surface area contributed by atoms with Crippen molar-refractivity contribution < 1.29 is 4.42 Å². The number of furan rings is 1. The predicted octanol–water partition coefficient (Wildman–Crippen LogP) is 5.20. The van der Waals surface area contributed by atoms with Gasteiger partial charge in [0.1, 0.15) is 5.76 Å². The van der Waals surface area contributed by atoms with Crippen molar-refractivity contribution >= 4 is 31.9 Å². The highest BCUT2D eigenvalue weighted by Gasteiger charge is 2.21. The lowest BCUT2D eigenvalue weighted by atomic mass is 10.0. The molecule has 0 aliphatic heterocycles. The summed E-state index contributed by atoms with van der Waals surface area (Å²) in [7, 11) is 0. The van der Waals surface area contributed by atoms with Gasteiger partial charge in [-0.05, 0) is 53.5 Å². The van der Waals surface area contributed by atoms with Gasteiger partial charge in [-0.25, -0.2) is 0 Å². The topological polar surface area (TPSA) is 25.2 Å². The Morgan fingerprint density at radius 2 is 2.00 bits per heavy atom. The van der Waals surface area contributed by atoms with Crippen molar-refractivity contribution in [2.24, 2.45) is 0 Å². The quantitative estimate of drug-likeness (QED) is 0.763. The van der Waals surface area contributed by atoms with Crippen molar-refractivity contribution in [1.82, 2.24) is 5.32 Å². The lowest BCUT2D eigenvalue weighted by molar-refractivity contribution is 0.443. The predicted molar refractivity (Wildman–Crippen MR) is 85.4 cm³/mol. The Morgan fingerprint density at radius 1 is 1.21 bits per heavy atom. The van der Waals surface area contributed by atoms with E-state index in [1.54, 1.807) is 6.26 Å². The molecular formula is C15H17Br2NO. The van der Waals surface area contributed by atoms with Crippen LogP contribution in [0.25, 0.3) is 0 Å². The van der Waals surface area contributed by atoms with E-state index in [0.29, 0.717) is 0 Å². The van der Waals surface area contributed by atoms with Crippen molar-refractivity contribution in [3.05, 3.63) is 56.4 Å². The maximum atomic E-state index is 5.64. The molecule has 1 aromatic heterocycles. The van der Waals surface area contributed by atoms with Crippen molar-refractivity contribution in [1.29, 1.82) is 0 Å². The lowest BCUT2D eigenvalue weighted by Gasteiger charge is -2.19. The summed E-state index contributed by atoms with van der Waals surface area (Å²) in [6, 6.07) is 8.36. The van der Waals surface area contributed by atoms with E-state index in [0.717, 1.165) is 27.7 Å². The first-order chi connectivity index (χ1) is 9.13. The third kappa shape index (κ3) is 3.50. The number of halogens is 2. The van der Waals surface area contributed by atoms with Gasteiger partial charge < -0.3 is 9.73 Å². The molecule has 102 valence electrons. The Bertz CT molecular complexity index is 551. The first-order valence-electron chi connectivity index (χ1n) is 6.35. The van der Waals surface area contributed by atoms with E-state index in [-0.39, 0.29) is 6.04 Å². The summed E-state index contributed by atoms with van der Waals surface area (Å²) < 4.78 is 7.73. The Labute approximate surface area is 130 Å². The number of nitrogens with one attached hydrogen (secondary N) is 1. The van der Waals surface area contributed by atoms with Gasteiger partial charge in [0.05, 0.1) is 16.8 Å². The van der Waals surface area contributed by atoms with Crippen LogP contribution in [0.2, 0.25) is 0 Å². The van der Waals surface area contributed by atoms with Gasteiger partial charge in [0.25, 0.3) is 0 Å². The molecule has 2 aromatic rings. The van der Waals surface area contributed by atoms with E-state index in [1.807, 2.05) is 6.07 Å². The number of benzene rings is 1. The minimum Gasteiger partial charge on any atom is -0.466 e. The molecule has 0 amide bonds. The van der Waals surface area contributed by atoms with Gasteiger partial charge >= 0.3 is 0 Å². The highest BCUT2D eigenvalue weighted by Crippen LogP contribution is 2.33. The molecule has 0 fully saturated rings. The van der Waals surface area contributed by atoms with Crippen LogP contribution in [0.3, 0.4) is 0 Å². The second kappa shape index (κ2) is 6.73. The largest absolute Gasteiger partial charge is 0.466 e. The van der Waals surface area contributed by atoms with E-state index in [9.17, 15) is 0 Å². The maximum Gasteiger partial charge on any atom is 0.139 e. The van der Waals surface area contributed by atoms with Gasteiger partial charge in [-0.3, -0.25) is 0 Å². The summed E-state index contributed by atoms with van der Waals surface area (Å²) in [4.78, 5) is 0. The molecule has 0 saturated carbocycles. The van der Waals surface area contributed by atoms with Crippen LogP contribution in [0.5, 0.6) is 0 Å². The smallest absolute Gasteiger partial charge is 0.139 e. The third-order valence-corrected chi connectivity index (χ3v) is 4.35. The van der Waals surface area contributed by atoms with Crippen LogP contribution in [-0.4, -0.2) is 6.54 Å². The zero-order valence-electron chi connectivity index (χ0n) is 11.0. The van der Waals surface area contributed by atoms with Gasteiger partial charge in [0.2, 0.25) is 0 Å². The van der Waals surface area contributed by atoms with E-state index in [4.69, 9.17) is 4.42 Å². The summed E-state index contributed by atoms with van der Waals surface area (Å²) in [6.45, 7) is 5.20. The van der Waals surface area contributed by atoms with E-state index in [2.05, 4.69) is 69.2 Å². The molecule has 1 unspecified atom stereocenters. The molecule has 0 saturated heterocycles. The molecule has 1 heterocycles. The maximum absolute atomic E-state index is 5.64. The molecule has 4 heteroatoms. The zero-order chi connectivity index (χ0) is 13.8.